The molecule has 0 N–H and O–H groups in total. The standard InChI is InChI=1S/C14H26N2/c1-5-10-16(11-6-2)13-8-7-9-15-14(13)12(3)4/h7,9,12-13H,5-6,8,10-11H2,1-4H3. The van der Waals surface area contributed by atoms with Gasteiger partial charge < -0.3 is 0 Å². The minimum atomic E-state index is 0.546. The molecule has 16 heavy (non-hydrogen) atoms. The number of hydrogen-bond acceptors (Lipinski definition) is 2. The second-order valence-corrected chi connectivity index (χ2v) is 4.88. The first kappa shape index (κ1) is 13.4. The van der Waals surface area contributed by atoms with Gasteiger partial charge in [0.25, 0.3) is 0 Å². The third-order valence-corrected chi connectivity index (χ3v) is 3.08. The van der Waals surface area contributed by atoms with Gasteiger partial charge in [-0.1, -0.05) is 33.8 Å². The molecule has 0 radical (unpaired) electrons. The Labute approximate surface area is 100 Å². The average molecular weight is 222 g/mol. The predicted molar refractivity (Wildman–Crippen MR) is 72.0 cm³/mol. The van der Waals surface area contributed by atoms with Crippen LogP contribution in [0, 0.1) is 5.92 Å². The lowest BCUT2D eigenvalue weighted by Crippen LogP contribution is -2.44. The lowest BCUT2D eigenvalue weighted by Gasteiger charge is -2.34. The fraction of sp³-hybridized carbons (Fsp3) is 0.786. The zero-order valence-electron chi connectivity index (χ0n) is 11.2. The zero-order chi connectivity index (χ0) is 12.0. The lowest BCUT2D eigenvalue weighted by molar-refractivity contribution is 0.238. The summed E-state index contributed by atoms with van der Waals surface area (Å²) >= 11 is 0. The lowest BCUT2D eigenvalue weighted by atomic mass is 9.94. The average Bonchev–Trinajstić information content (AvgIpc) is 2.29. The van der Waals surface area contributed by atoms with Crippen LogP contribution in [0.3, 0.4) is 0 Å². The van der Waals surface area contributed by atoms with Gasteiger partial charge >= 0.3 is 0 Å². The highest BCUT2D eigenvalue weighted by molar-refractivity contribution is 5.92. The van der Waals surface area contributed by atoms with Crippen LogP contribution in [0.25, 0.3) is 0 Å². The predicted octanol–water partition coefficient (Wildman–Crippen LogP) is 3.49. The molecule has 2 heteroatoms. The molecule has 0 aromatic rings. The molecule has 0 amide bonds. The summed E-state index contributed by atoms with van der Waals surface area (Å²) in [5.41, 5.74) is 1.37. The molecule has 0 aromatic carbocycles. The van der Waals surface area contributed by atoms with E-state index in [1.807, 2.05) is 6.20 Å². The summed E-state index contributed by atoms with van der Waals surface area (Å²) in [4.78, 5) is 7.19. The van der Waals surface area contributed by atoms with Gasteiger partial charge in [-0.3, -0.25) is 9.89 Å². The first-order valence-electron chi connectivity index (χ1n) is 6.67. The van der Waals surface area contributed by atoms with Crippen molar-refractivity contribution in [3.63, 3.8) is 0 Å². The quantitative estimate of drug-likeness (QED) is 0.671. The van der Waals surface area contributed by atoms with Gasteiger partial charge in [0.05, 0.1) is 6.04 Å². The van der Waals surface area contributed by atoms with Gasteiger partial charge in [-0.05, 0) is 38.3 Å². The van der Waals surface area contributed by atoms with Crippen molar-refractivity contribution in [1.29, 1.82) is 0 Å². The van der Waals surface area contributed by atoms with Gasteiger partial charge in [0.15, 0.2) is 0 Å². The van der Waals surface area contributed by atoms with Crippen LogP contribution in [-0.2, 0) is 0 Å². The summed E-state index contributed by atoms with van der Waals surface area (Å²) in [7, 11) is 0. The highest BCUT2D eigenvalue weighted by atomic mass is 15.2. The van der Waals surface area contributed by atoms with Crippen molar-refractivity contribution in [3.8, 4) is 0 Å². The second-order valence-electron chi connectivity index (χ2n) is 4.88. The second kappa shape index (κ2) is 6.85. The van der Waals surface area contributed by atoms with E-state index in [9.17, 15) is 0 Å². The van der Waals surface area contributed by atoms with Crippen molar-refractivity contribution in [2.75, 3.05) is 13.1 Å². The molecule has 1 atom stereocenters. The Kier molecular flexibility index (Phi) is 5.75. The minimum absolute atomic E-state index is 0.546. The summed E-state index contributed by atoms with van der Waals surface area (Å²) in [6, 6.07) is 0.546. The summed E-state index contributed by atoms with van der Waals surface area (Å²) in [5, 5.41) is 0. The highest BCUT2D eigenvalue weighted by Crippen LogP contribution is 2.18. The molecule has 92 valence electrons. The molecule has 0 saturated heterocycles. The van der Waals surface area contributed by atoms with Crippen LogP contribution in [-0.4, -0.2) is 29.7 Å². The van der Waals surface area contributed by atoms with Crippen LogP contribution < -0.4 is 0 Å². The Balaban J connectivity index is 2.74. The van der Waals surface area contributed by atoms with Crippen molar-refractivity contribution in [2.45, 2.75) is 53.0 Å². The maximum atomic E-state index is 4.59. The summed E-state index contributed by atoms with van der Waals surface area (Å²) in [5.74, 6) is 0.561. The van der Waals surface area contributed by atoms with Crippen LogP contribution in [0.15, 0.2) is 17.3 Å². The molecule has 1 unspecified atom stereocenters. The SMILES string of the molecule is CCCN(CCC)C1CC=CN=C1C(C)C. The Hall–Kier alpha value is -0.630. The monoisotopic (exact) mass is 222 g/mol. The van der Waals surface area contributed by atoms with E-state index < -0.39 is 0 Å². The highest BCUT2D eigenvalue weighted by Gasteiger charge is 2.24. The zero-order valence-corrected chi connectivity index (χ0v) is 11.2. The van der Waals surface area contributed by atoms with Gasteiger partial charge in [-0.25, -0.2) is 0 Å². The molecule has 0 aliphatic carbocycles. The van der Waals surface area contributed by atoms with E-state index in [0.717, 1.165) is 6.42 Å². The van der Waals surface area contributed by atoms with Crippen molar-refractivity contribution in [2.24, 2.45) is 10.9 Å². The fourth-order valence-corrected chi connectivity index (χ4v) is 2.40. The molecule has 0 bridgehead atoms. The molecule has 0 aromatic heterocycles. The van der Waals surface area contributed by atoms with Crippen LogP contribution in [0.1, 0.15) is 47.0 Å². The van der Waals surface area contributed by atoms with E-state index in [2.05, 4.69) is 43.7 Å². The fourth-order valence-electron chi connectivity index (χ4n) is 2.40. The molecular formula is C14H26N2. The Morgan fingerprint density at radius 3 is 2.44 bits per heavy atom. The molecule has 2 nitrogen and oxygen atoms in total. The van der Waals surface area contributed by atoms with Crippen LogP contribution in [0.4, 0.5) is 0 Å². The molecular weight excluding hydrogens is 196 g/mol. The number of nitrogens with zero attached hydrogens (tertiary/aromatic N) is 2. The van der Waals surface area contributed by atoms with Crippen LogP contribution >= 0.6 is 0 Å². The van der Waals surface area contributed by atoms with E-state index in [1.54, 1.807) is 0 Å². The normalized spacial score (nSPS) is 20.6. The molecule has 1 rings (SSSR count). The first-order valence-corrected chi connectivity index (χ1v) is 6.67. The van der Waals surface area contributed by atoms with Crippen LogP contribution in [0.5, 0.6) is 0 Å². The number of aliphatic imine (C=N–C) groups is 1. The molecule has 1 aliphatic rings. The third-order valence-electron chi connectivity index (χ3n) is 3.08. The third kappa shape index (κ3) is 3.44. The van der Waals surface area contributed by atoms with E-state index in [-0.39, 0.29) is 0 Å². The Bertz CT molecular complexity index is 247. The molecule has 0 spiro atoms. The largest absolute Gasteiger partial charge is 0.295 e. The Morgan fingerprint density at radius 2 is 1.94 bits per heavy atom. The topological polar surface area (TPSA) is 15.6 Å². The summed E-state index contributed by atoms with van der Waals surface area (Å²) in [6.07, 6.45) is 7.77. The number of hydrogen-bond donors (Lipinski definition) is 0. The van der Waals surface area contributed by atoms with Gasteiger partial charge in [0, 0.05) is 11.9 Å². The minimum Gasteiger partial charge on any atom is -0.295 e. The maximum Gasteiger partial charge on any atom is 0.0518 e. The summed E-state index contributed by atoms with van der Waals surface area (Å²) < 4.78 is 0. The molecule has 0 fully saturated rings. The van der Waals surface area contributed by atoms with Crippen LogP contribution in [0.2, 0.25) is 0 Å². The van der Waals surface area contributed by atoms with E-state index in [4.69, 9.17) is 0 Å². The van der Waals surface area contributed by atoms with Gasteiger partial charge in [-0.15, -0.1) is 0 Å². The van der Waals surface area contributed by atoms with Gasteiger partial charge in [0.2, 0.25) is 0 Å². The molecule has 1 aliphatic heterocycles. The van der Waals surface area contributed by atoms with Gasteiger partial charge in [-0.2, -0.15) is 0 Å². The Morgan fingerprint density at radius 1 is 1.31 bits per heavy atom. The summed E-state index contributed by atoms with van der Waals surface area (Å²) in [6.45, 7) is 11.4. The molecule has 1 heterocycles. The van der Waals surface area contributed by atoms with E-state index in [0.29, 0.717) is 12.0 Å². The van der Waals surface area contributed by atoms with Crippen molar-refractivity contribution >= 4 is 5.71 Å². The number of rotatable bonds is 6. The smallest absolute Gasteiger partial charge is 0.0518 e. The van der Waals surface area contributed by atoms with E-state index in [1.165, 1.54) is 31.6 Å². The van der Waals surface area contributed by atoms with E-state index >= 15 is 0 Å². The van der Waals surface area contributed by atoms with Crippen molar-refractivity contribution in [1.82, 2.24) is 4.90 Å². The van der Waals surface area contributed by atoms with Crippen molar-refractivity contribution in [3.05, 3.63) is 12.3 Å². The van der Waals surface area contributed by atoms with Gasteiger partial charge in [0.1, 0.15) is 0 Å². The van der Waals surface area contributed by atoms with Crippen molar-refractivity contribution < 1.29 is 0 Å². The maximum absolute atomic E-state index is 4.59. The first-order chi connectivity index (χ1) is 7.70. The molecule has 0 saturated carbocycles.